The quantitative estimate of drug-likeness (QED) is 0.360. The van der Waals surface area contributed by atoms with Crippen LogP contribution >= 0.6 is 0 Å². The van der Waals surface area contributed by atoms with Gasteiger partial charge in [-0.1, -0.05) is 85.6 Å². The second-order valence-corrected chi connectivity index (χ2v) is 6.60. The van der Waals surface area contributed by atoms with E-state index in [9.17, 15) is 0 Å². The van der Waals surface area contributed by atoms with Gasteiger partial charge in [0, 0.05) is 0 Å². The third kappa shape index (κ3) is 2.49. The summed E-state index contributed by atoms with van der Waals surface area (Å²) in [5.74, 6) is 0. The Labute approximate surface area is 143 Å². The molecule has 0 N–H and O–H groups in total. The zero-order chi connectivity index (χ0) is 16.5. The third-order valence-corrected chi connectivity index (χ3v) is 4.86. The van der Waals surface area contributed by atoms with E-state index in [-0.39, 0.29) is 0 Å². The number of aryl methyl sites for hydroxylation is 2. The molecule has 0 atom stereocenters. The molecule has 0 heterocycles. The summed E-state index contributed by atoms with van der Waals surface area (Å²) in [6.07, 6.45) is 2.30. The molecule has 0 nitrogen and oxygen atoms in total. The summed E-state index contributed by atoms with van der Waals surface area (Å²) in [5, 5.41) is 5.42. The average Bonchev–Trinajstić information content (AvgIpc) is 2.61. The van der Waals surface area contributed by atoms with Gasteiger partial charge in [-0.3, -0.25) is 0 Å². The second-order valence-electron chi connectivity index (χ2n) is 6.60. The lowest BCUT2D eigenvalue weighted by Gasteiger charge is -2.15. The summed E-state index contributed by atoms with van der Waals surface area (Å²) in [6, 6.07) is 26.8. The largest absolute Gasteiger partial charge is 0.0651 e. The summed E-state index contributed by atoms with van der Waals surface area (Å²) >= 11 is 0. The van der Waals surface area contributed by atoms with E-state index in [1.165, 1.54) is 50.2 Å². The molecule has 0 bridgehead atoms. The molecule has 0 aliphatic carbocycles. The van der Waals surface area contributed by atoms with Crippen molar-refractivity contribution in [3.63, 3.8) is 0 Å². The highest BCUT2D eigenvalue weighted by molar-refractivity contribution is 6.13. The van der Waals surface area contributed by atoms with Crippen LogP contribution in [0.15, 0.2) is 72.8 Å². The standard InChI is InChI=1S/C24H22/c1-3-7-18-9-6-11-22-23(18)16-20-8-4-5-10-21(20)24(22)19-14-12-17(2)13-15-19/h4-6,8-16H,3,7H2,1-2H3. The second kappa shape index (κ2) is 6.13. The molecule has 0 amide bonds. The molecule has 0 aliphatic heterocycles. The van der Waals surface area contributed by atoms with Crippen LogP contribution < -0.4 is 0 Å². The van der Waals surface area contributed by atoms with Crippen molar-refractivity contribution in [3.05, 3.63) is 83.9 Å². The Hall–Kier alpha value is -2.60. The highest BCUT2D eigenvalue weighted by Crippen LogP contribution is 2.37. The van der Waals surface area contributed by atoms with Gasteiger partial charge in [-0.25, -0.2) is 0 Å². The molecule has 0 aromatic heterocycles. The van der Waals surface area contributed by atoms with Gasteiger partial charge in [0.1, 0.15) is 0 Å². The van der Waals surface area contributed by atoms with Gasteiger partial charge in [-0.15, -0.1) is 0 Å². The summed E-state index contributed by atoms with van der Waals surface area (Å²) in [5.41, 5.74) is 5.42. The van der Waals surface area contributed by atoms with Crippen molar-refractivity contribution in [1.82, 2.24) is 0 Å². The molecule has 4 aromatic rings. The van der Waals surface area contributed by atoms with E-state index in [2.05, 4.69) is 86.6 Å². The number of hydrogen-bond donors (Lipinski definition) is 0. The van der Waals surface area contributed by atoms with Crippen molar-refractivity contribution >= 4 is 21.5 Å². The maximum Gasteiger partial charge on any atom is -0.00267 e. The molecule has 0 spiro atoms. The molecule has 4 rings (SSSR count). The number of rotatable bonds is 3. The monoisotopic (exact) mass is 310 g/mol. The molecule has 0 fully saturated rings. The van der Waals surface area contributed by atoms with Crippen molar-refractivity contribution in [2.45, 2.75) is 26.7 Å². The Bertz CT molecular complexity index is 1010. The Balaban J connectivity index is 2.14. The highest BCUT2D eigenvalue weighted by atomic mass is 14.1. The molecule has 0 saturated carbocycles. The normalized spacial score (nSPS) is 11.2. The minimum atomic E-state index is 1.13. The van der Waals surface area contributed by atoms with Crippen LogP contribution in [0.3, 0.4) is 0 Å². The summed E-state index contributed by atoms with van der Waals surface area (Å²) in [7, 11) is 0. The van der Waals surface area contributed by atoms with Gasteiger partial charge in [0.25, 0.3) is 0 Å². The first-order valence-electron chi connectivity index (χ1n) is 8.78. The Morgan fingerprint density at radius 3 is 2.25 bits per heavy atom. The molecular formula is C24H22. The minimum absolute atomic E-state index is 1.13. The summed E-state index contributed by atoms with van der Waals surface area (Å²) in [4.78, 5) is 0. The van der Waals surface area contributed by atoms with Crippen LogP contribution in [0.5, 0.6) is 0 Å². The van der Waals surface area contributed by atoms with Crippen LogP contribution in [0, 0.1) is 6.92 Å². The van der Waals surface area contributed by atoms with E-state index in [1.54, 1.807) is 0 Å². The first-order valence-corrected chi connectivity index (χ1v) is 8.78. The minimum Gasteiger partial charge on any atom is -0.0651 e. The maximum absolute atomic E-state index is 2.37. The van der Waals surface area contributed by atoms with Crippen LogP contribution in [-0.4, -0.2) is 0 Å². The van der Waals surface area contributed by atoms with Crippen LogP contribution in [0.1, 0.15) is 24.5 Å². The first-order chi connectivity index (χ1) is 11.8. The Morgan fingerprint density at radius 1 is 0.708 bits per heavy atom. The third-order valence-electron chi connectivity index (χ3n) is 4.86. The van der Waals surface area contributed by atoms with Crippen molar-refractivity contribution in [1.29, 1.82) is 0 Å². The zero-order valence-corrected chi connectivity index (χ0v) is 14.3. The van der Waals surface area contributed by atoms with Gasteiger partial charge in [-0.2, -0.15) is 0 Å². The fourth-order valence-electron chi connectivity index (χ4n) is 3.67. The Kier molecular flexibility index (Phi) is 3.82. The van der Waals surface area contributed by atoms with Gasteiger partial charge in [-0.05, 0) is 57.6 Å². The van der Waals surface area contributed by atoms with Crippen LogP contribution in [0.2, 0.25) is 0 Å². The predicted molar refractivity (Wildman–Crippen MR) is 106 cm³/mol. The number of fused-ring (bicyclic) bond motifs is 2. The molecule has 4 aromatic carbocycles. The smallest absolute Gasteiger partial charge is 0.00267 e. The van der Waals surface area contributed by atoms with Gasteiger partial charge >= 0.3 is 0 Å². The van der Waals surface area contributed by atoms with Gasteiger partial charge in [0.15, 0.2) is 0 Å². The maximum atomic E-state index is 2.37. The molecule has 0 heteroatoms. The van der Waals surface area contributed by atoms with Crippen molar-refractivity contribution in [3.8, 4) is 11.1 Å². The lowest BCUT2D eigenvalue weighted by Crippen LogP contribution is -1.90. The molecule has 0 unspecified atom stereocenters. The fraction of sp³-hybridized carbons (Fsp3) is 0.167. The molecule has 24 heavy (non-hydrogen) atoms. The van der Waals surface area contributed by atoms with Crippen molar-refractivity contribution in [2.75, 3.05) is 0 Å². The molecule has 0 radical (unpaired) electrons. The first kappa shape index (κ1) is 15.0. The lowest BCUT2D eigenvalue weighted by atomic mass is 9.89. The fourth-order valence-corrected chi connectivity index (χ4v) is 3.67. The summed E-state index contributed by atoms with van der Waals surface area (Å²) < 4.78 is 0. The zero-order valence-electron chi connectivity index (χ0n) is 14.3. The predicted octanol–water partition coefficient (Wildman–Crippen LogP) is 6.92. The average molecular weight is 310 g/mol. The van der Waals surface area contributed by atoms with Gasteiger partial charge < -0.3 is 0 Å². The summed E-state index contributed by atoms with van der Waals surface area (Å²) in [6.45, 7) is 4.39. The highest BCUT2D eigenvalue weighted by Gasteiger charge is 2.11. The molecule has 118 valence electrons. The van der Waals surface area contributed by atoms with E-state index in [1.807, 2.05) is 0 Å². The molecule has 0 aliphatic rings. The number of benzene rings is 4. The van der Waals surface area contributed by atoms with E-state index in [0.29, 0.717) is 0 Å². The van der Waals surface area contributed by atoms with E-state index in [4.69, 9.17) is 0 Å². The van der Waals surface area contributed by atoms with Crippen LogP contribution in [0.4, 0.5) is 0 Å². The van der Waals surface area contributed by atoms with Crippen LogP contribution in [-0.2, 0) is 6.42 Å². The van der Waals surface area contributed by atoms with Gasteiger partial charge in [0.05, 0.1) is 0 Å². The van der Waals surface area contributed by atoms with Crippen LogP contribution in [0.25, 0.3) is 32.7 Å². The van der Waals surface area contributed by atoms with Crippen molar-refractivity contribution < 1.29 is 0 Å². The van der Waals surface area contributed by atoms with E-state index < -0.39 is 0 Å². The molecule has 0 saturated heterocycles. The van der Waals surface area contributed by atoms with Gasteiger partial charge in [0.2, 0.25) is 0 Å². The van der Waals surface area contributed by atoms with Crippen molar-refractivity contribution in [2.24, 2.45) is 0 Å². The van der Waals surface area contributed by atoms with E-state index in [0.717, 1.165) is 6.42 Å². The SMILES string of the molecule is CCCc1cccc2c(-c3ccc(C)cc3)c3ccccc3cc12. The molecular weight excluding hydrogens is 288 g/mol. The Morgan fingerprint density at radius 2 is 1.46 bits per heavy atom. The lowest BCUT2D eigenvalue weighted by molar-refractivity contribution is 0.930. The topological polar surface area (TPSA) is 0 Å². The number of hydrogen-bond acceptors (Lipinski definition) is 0. The van der Waals surface area contributed by atoms with E-state index >= 15 is 0 Å².